The highest BCUT2D eigenvalue weighted by molar-refractivity contribution is 6.31. The van der Waals surface area contributed by atoms with Gasteiger partial charge in [0, 0.05) is 64.6 Å². The summed E-state index contributed by atoms with van der Waals surface area (Å²) in [6.07, 6.45) is 9.25. The van der Waals surface area contributed by atoms with Crippen LogP contribution in [0.15, 0.2) is 34.5 Å². The summed E-state index contributed by atoms with van der Waals surface area (Å²) in [5.41, 5.74) is 8.08. The van der Waals surface area contributed by atoms with Gasteiger partial charge in [-0.05, 0) is 85.6 Å². The Labute approximate surface area is 255 Å². The van der Waals surface area contributed by atoms with Gasteiger partial charge in [-0.15, -0.1) is 6.58 Å². The maximum absolute atomic E-state index is 12.5. The summed E-state index contributed by atoms with van der Waals surface area (Å²) < 4.78 is 2.15. The third-order valence-electron chi connectivity index (χ3n) is 9.14. The molecule has 1 saturated heterocycles. The van der Waals surface area contributed by atoms with E-state index < -0.39 is 11.9 Å². The van der Waals surface area contributed by atoms with E-state index in [4.69, 9.17) is 0 Å². The average Bonchev–Trinajstić information content (AvgIpc) is 3.56. The number of carbonyl (C=O) groups excluding carboxylic acids is 2. The molecule has 1 fully saturated rings. The lowest BCUT2D eigenvalue weighted by atomic mass is 9.94. The van der Waals surface area contributed by atoms with Crippen molar-refractivity contribution in [3.8, 4) is 0 Å². The van der Waals surface area contributed by atoms with Crippen molar-refractivity contribution in [2.75, 3.05) is 0 Å². The summed E-state index contributed by atoms with van der Waals surface area (Å²) in [6.45, 7) is 12.2. The van der Waals surface area contributed by atoms with Crippen molar-refractivity contribution in [3.63, 3.8) is 0 Å². The molecule has 0 saturated carbocycles. The molecule has 44 heavy (non-hydrogen) atoms. The first-order chi connectivity index (χ1) is 20.9. The molecule has 5 heterocycles. The Morgan fingerprint density at radius 2 is 1.75 bits per heavy atom. The van der Waals surface area contributed by atoms with E-state index in [2.05, 4.69) is 26.4 Å². The van der Waals surface area contributed by atoms with Crippen molar-refractivity contribution in [2.45, 2.75) is 72.8 Å². The zero-order valence-electron chi connectivity index (χ0n) is 25.5. The number of H-pyrrole nitrogens is 1. The zero-order chi connectivity index (χ0) is 31.9. The summed E-state index contributed by atoms with van der Waals surface area (Å²) in [4.78, 5) is 56.0. The predicted molar refractivity (Wildman–Crippen MR) is 167 cm³/mol. The van der Waals surface area contributed by atoms with Gasteiger partial charge >= 0.3 is 11.9 Å². The molecule has 3 aliphatic heterocycles. The van der Waals surface area contributed by atoms with Gasteiger partial charge in [-0.1, -0.05) is 19.9 Å². The molecule has 5 rings (SSSR count). The minimum absolute atomic E-state index is 0.0521. The third-order valence-corrected chi connectivity index (χ3v) is 9.14. The second-order valence-corrected chi connectivity index (χ2v) is 11.7. The first-order valence-corrected chi connectivity index (χ1v) is 15.0. The number of nitrogens with zero attached hydrogens (tertiary/aromatic N) is 2. The first-order valence-electron chi connectivity index (χ1n) is 15.0. The molecule has 2 atom stereocenters. The fourth-order valence-electron chi connectivity index (χ4n) is 6.65. The number of hydrogen-bond acceptors (Lipinski definition) is 4. The lowest BCUT2D eigenvalue weighted by molar-refractivity contribution is -0.138. The summed E-state index contributed by atoms with van der Waals surface area (Å²) in [5.74, 6) is -2.50. The van der Waals surface area contributed by atoms with E-state index in [-0.39, 0.29) is 42.9 Å². The smallest absolute Gasteiger partial charge is 0.303 e. The van der Waals surface area contributed by atoms with Crippen LogP contribution in [-0.2, 0) is 38.6 Å². The van der Waals surface area contributed by atoms with Crippen LogP contribution in [0.5, 0.6) is 0 Å². The van der Waals surface area contributed by atoms with Crippen LogP contribution in [0.25, 0.3) is 18.2 Å². The second kappa shape index (κ2) is 12.1. The average molecular weight is 599 g/mol. The molecule has 0 bridgehead atoms. The molecule has 10 heteroatoms. The number of nitrogens with one attached hydrogen (secondary N) is 2. The minimum atomic E-state index is -0.911. The zero-order valence-corrected chi connectivity index (χ0v) is 25.5. The van der Waals surface area contributed by atoms with Crippen molar-refractivity contribution in [1.82, 2.24) is 14.9 Å². The molecule has 4 N–H and O–H groups in total. The topological polar surface area (TPSA) is 154 Å². The van der Waals surface area contributed by atoms with Crippen LogP contribution < -0.4 is 16.0 Å². The van der Waals surface area contributed by atoms with Crippen LogP contribution >= 0.6 is 0 Å². The van der Waals surface area contributed by atoms with Crippen molar-refractivity contribution < 1.29 is 29.4 Å². The molecule has 0 aliphatic carbocycles. The van der Waals surface area contributed by atoms with Gasteiger partial charge in [0.15, 0.2) is 0 Å². The molecule has 2 aromatic rings. The number of aliphatic imine (C=N–C) groups is 1. The fraction of sp³-hybridized carbons (Fsp3) is 0.382. The number of carboxylic acid groups (broad SMARTS) is 2. The second-order valence-electron chi connectivity index (χ2n) is 11.7. The summed E-state index contributed by atoms with van der Waals surface area (Å²) in [6, 6.07) is 0. The lowest BCUT2D eigenvalue weighted by Crippen LogP contribution is -2.28. The molecule has 0 aromatic carbocycles. The summed E-state index contributed by atoms with van der Waals surface area (Å²) in [7, 11) is 0. The van der Waals surface area contributed by atoms with Crippen LogP contribution in [0, 0.1) is 25.7 Å². The number of hydrogen-bond donors (Lipinski definition) is 4. The number of aromatic nitrogens is 2. The highest BCUT2D eigenvalue weighted by atomic mass is 16.4. The molecule has 230 valence electrons. The van der Waals surface area contributed by atoms with Crippen molar-refractivity contribution >= 4 is 47.7 Å². The normalized spacial score (nSPS) is 20.8. The van der Waals surface area contributed by atoms with Gasteiger partial charge in [0.25, 0.3) is 5.91 Å². The van der Waals surface area contributed by atoms with Crippen LogP contribution in [0.4, 0.5) is 0 Å². The SMILES string of the molecule is C=CC1/C(=C/c2[nH]c(/C=c3\c(CCC(=O)O)c(C)c4n3CCC3=C(CC)C(=O)N=C3C=4)c(CCC(=O)O)c2C)NC(=O)C1C. The molecule has 3 aliphatic rings. The molecule has 2 amide bonds. The lowest BCUT2D eigenvalue weighted by Gasteiger charge is -2.08. The van der Waals surface area contributed by atoms with Gasteiger partial charge in [0.05, 0.1) is 5.71 Å². The number of rotatable bonds is 10. The Balaban J connectivity index is 1.72. The Morgan fingerprint density at radius 3 is 2.39 bits per heavy atom. The van der Waals surface area contributed by atoms with E-state index in [0.717, 1.165) is 61.2 Å². The Kier molecular flexibility index (Phi) is 8.45. The highest BCUT2D eigenvalue weighted by Gasteiger charge is 2.33. The van der Waals surface area contributed by atoms with Crippen LogP contribution in [0.3, 0.4) is 0 Å². The fourth-order valence-corrected chi connectivity index (χ4v) is 6.65. The van der Waals surface area contributed by atoms with Gasteiger partial charge in [-0.25, -0.2) is 4.99 Å². The van der Waals surface area contributed by atoms with E-state index >= 15 is 0 Å². The molecule has 0 radical (unpaired) electrons. The van der Waals surface area contributed by atoms with Gasteiger partial charge < -0.3 is 25.1 Å². The number of aliphatic carboxylic acids is 2. The van der Waals surface area contributed by atoms with E-state index in [1.807, 2.05) is 45.9 Å². The molecular weight excluding hydrogens is 560 g/mol. The van der Waals surface area contributed by atoms with E-state index in [1.54, 1.807) is 6.08 Å². The van der Waals surface area contributed by atoms with Crippen molar-refractivity contribution in [3.05, 3.63) is 73.8 Å². The number of fused-ring (bicyclic) bond motifs is 2. The van der Waals surface area contributed by atoms with E-state index in [9.17, 15) is 29.4 Å². The third kappa shape index (κ3) is 5.52. The maximum atomic E-state index is 12.5. The molecule has 0 spiro atoms. The number of amides is 2. The van der Waals surface area contributed by atoms with Crippen LogP contribution in [0.1, 0.15) is 73.2 Å². The van der Waals surface area contributed by atoms with Crippen LogP contribution in [0.2, 0.25) is 0 Å². The largest absolute Gasteiger partial charge is 0.481 e. The monoisotopic (exact) mass is 598 g/mol. The minimum Gasteiger partial charge on any atom is -0.481 e. The predicted octanol–water partition coefficient (Wildman–Crippen LogP) is 3.08. The first kappa shape index (κ1) is 30.7. The van der Waals surface area contributed by atoms with Gasteiger partial charge in [-0.2, -0.15) is 0 Å². The Bertz CT molecular complexity index is 1830. The van der Waals surface area contributed by atoms with E-state index in [0.29, 0.717) is 31.5 Å². The van der Waals surface area contributed by atoms with Gasteiger partial charge in [0.1, 0.15) is 0 Å². The number of allylic oxidation sites excluding steroid dienone is 2. The Hall–Kier alpha value is -4.73. The van der Waals surface area contributed by atoms with E-state index in [1.165, 1.54) is 0 Å². The molecular formula is C34H38N4O6. The Morgan fingerprint density at radius 1 is 1.07 bits per heavy atom. The summed E-state index contributed by atoms with van der Waals surface area (Å²) >= 11 is 0. The molecule has 2 unspecified atom stereocenters. The number of carbonyl (C=O) groups is 4. The molecule has 2 aromatic heterocycles. The number of carboxylic acids is 2. The van der Waals surface area contributed by atoms with Gasteiger partial charge in [0.2, 0.25) is 5.91 Å². The van der Waals surface area contributed by atoms with Crippen molar-refractivity contribution in [2.24, 2.45) is 16.8 Å². The standard InChI is InChI=1S/C34H38N4O6/c1-6-20-19(5)33(43)36-26(20)14-25-17(3)22(8-10-31(39)40)27(35-25)16-30-23(9-11-32(41)42)18(4)29-15-28-24(12-13-38(29)30)21(7-2)34(44)37-28/h6,14-16,19-20,35H,1,7-13H2,2-5H3,(H,36,43)(H,39,40)(H,41,42)/b26-14-,30-16+. The number of aromatic amines is 1. The quantitative estimate of drug-likeness (QED) is 0.308. The maximum Gasteiger partial charge on any atom is 0.303 e. The van der Waals surface area contributed by atoms with Gasteiger partial charge in [-0.3, -0.25) is 19.2 Å². The highest BCUT2D eigenvalue weighted by Crippen LogP contribution is 2.31. The van der Waals surface area contributed by atoms with Crippen LogP contribution in [-0.4, -0.2) is 49.2 Å². The molecule has 10 nitrogen and oxygen atoms in total. The summed E-state index contributed by atoms with van der Waals surface area (Å²) in [5, 5.41) is 23.7. The van der Waals surface area contributed by atoms with Crippen molar-refractivity contribution in [1.29, 1.82) is 0 Å².